The van der Waals surface area contributed by atoms with E-state index in [4.69, 9.17) is 0 Å². The van der Waals surface area contributed by atoms with Crippen LogP contribution in [0.5, 0.6) is 0 Å². The van der Waals surface area contributed by atoms with Crippen LogP contribution in [0.2, 0.25) is 0 Å². The molecule has 0 aromatic rings. The Bertz CT molecular complexity index is 290. The van der Waals surface area contributed by atoms with E-state index in [0.717, 1.165) is 13.0 Å². The average Bonchev–Trinajstić information content (AvgIpc) is 2.85. The first kappa shape index (κ1) is 13.8. The Labute approximate surface area is 110 Å². The molecule has 1 amide bonds. The Kier molecular flexibility index (Phi) is 4.62. The van der Waals surface area contributed by atoms with Gasteiger partial charge >= 0.3 is 0 Å². The second kappa shape index (κ2) is 6.02. The van der Waals surface area contributed by atoms with Crippen molar-refractivity contribution in [3.8, 4) is 0 Å². The number of rotatable bonds is 3. The third-order valence-electron chi connectivity index (χ3n) is 4.56. The predicted molar refractivity (Wildman–Crippen MR) is 71.3 cm³/mol. The van der Waals surface area contributed by atoms with E-state index in [9.17, 15) is 9.90 Å². The predicted octanol–water partition coefficient (Wildman–Crippen LogP) is 1.23. The number of amides is 1. The molecule has 1 N–H and O–H groups in total. The second-order valence-electron chi connectivity index (χ2n) is 5.81. The Morgan fingerprint density at radius 3 is 2.56 bits per heavy atom. The molecule has 2 rings (SSSR count). The van der Waals surface area contributed by atoms with Crippen molar-refractivity contribution in [3.63, 3.8) is 0 Å². The van der Waals surface area contributed by atoms with Crippen LogP contribution in [0, 0.1) is 0 Å². The van der Waals surface area contributed by atoms with Crippen molar-refractivity contribution in [3.05, 3.63) is 0 Å². The molecule has 1 heterocycles. The summed E-state index contributed by atoms with van der Waals surface area (Å²) in [5.74, 6) is 0.195. The summed E-state index contributed by atoms with van der Waals surface area (Å²) in [4.78, 5) is 16.7. The highest BCUT2D eigenvalue weighted by atomic mass is 16.3. The zero-order valence-corrected chi connectivity index (χ0v) is 11.6. The van der Waals surface area contributed by atoms with Crippen molar-refractivity contribution in [1.82, 2.24) is 9.80 Å². The van der Waals surface area contributed by atoms with Crippen LogP contribution in [-0.4, -0.2) is 59.1 Å². The fourth-order valence-corrected chi connectivity index (χ4v) is 3.54. The van der Waals surface area contributed by atoms with Gasteiger partial charge in [0.05, 0.1) is 6.04 Å². The zero-order valence-electron chi connectivity index (χ0n) is 11.6. The van der Waals surface area contributed by atoms with Crippen LogP contribution < -0.4 is 0 Å². The van der Waals surface area contributed by atoms with Gasteiger partial charge in [-0.15, -0.1) is 0 Å². The van der Waals surface area contributed by atoms with E-state index in [-0.39, 0.29) is 18.6 Å². The van der Waals surface area contributed by atoms with Gasteiger partial charge in [0.25, 0.3) is 0 Å². The third-order valence-corrected chi connectivity index (χ3v) is 4.56. The maximum absolute atomic E-state index is 12.4. The highest BCUT2D eigenvalue weighted by molar-refractivity contribution is 5.82. The smallest absolute Gasteiger partial charge is 0.239 e. The quantitative estimate of drug-likeness (QED) is 0.824. The molecule has 0 radical (unpaired) electrons. The molecule has 2 unspecified atom stereocenters. The third kappa shape index (κ3) is 2.69. The molecule has 0 spiro atoms. The molecule has 0 aromatic carbocycles. The van der Waals surface area contributed by atoms with Gasteiger partial charge in [-0.3, -0.25) is 9.69 Å². The summed E-state index contributed by atoms with van der Waals surface area (Å²) in [6.45, 7) is 3.17. The number of nitrogens with zero attached hydrogens (tertiary/aromatic N) is 2. The van der Waals surface area contributed by atoms with Gasteiger partial charge in [-0.1, -0.05) is 12.8 Å². The number of hydrogen-bond donors (Lipinski definition) is 1. The molecule has 4 heteroatoms. The largest absolute Gasteiger partial charge is 0.396 e. The normalized spacial score (nSPS) is 31.9. The summed E-state index contributed by atoms with van der Waals surface area (Å²) in [7, 11) is 1.89. The molecule has 2 fully saturated rings. The van der Waals surface area contributed by atoms with E-state index in [1.165, 1.54) is 25.7 Å². The lowest BCUT2D eigenvalue weighted by Gasteiger charge is -2.38. The summed E-state index contributed by atoms with van der Waals surface area (Å²) in [5.41, 5.74) is 0. The summed E-state index contributed by atoms with van der Waals surface area (Å²) in [6, 6.07) is 0.881. The molecule has 1 saturated carbocycles. The maximum Gasteiger partial charge on any atom is 0.239 e. The van der Waals surface area contributed by atoms with Gasteiger partial charge in [0, 0.05) is 32.3 Å². The van der Waals surface area contributed by atoms with Crippen molar-refractivity contribution in [1.29, 1.82) is 0 Å². The van der Waals surface area contributed by atoms with Crippen LogP contribution in [-0.2, 0) is 4.79 Å². The standard InChI is InChI=1S/C14H26N2O2/c1-11-7-9-15(2)14(18)13(8-10-17)16(11)12-5-3-4-6-12/h11-13,17H,3-10H2,1-2H3. The maximum atomic E-state index is 12.4. The first-order valence-electron chi connectivity index (χ1n) is 7.28. The monoisotopic (exact) mass is 254 g/mol. The van der Waals surface area contributed by atoms with E-state index in [0.29, 0.717) is 18.5 Å². The van der Waals surface area contributed by atoms with Gasteiger partial charge in [0.2, 0.25) is 5.91 Å². The SMILES string of the molecule is CC1CCN(C)C(=O)C(CCO)N1C1CCCC1. The van der Waals surface area contributed by atoms with Crippen LogP contribution in [0.4, 0.5) is 0 Å². The Balaban J connectivity index is 2.20. The van der Waals surface area contributed by atoms with Gasteiger partial charge in [-0.2, -0.15) is 0 Å². The van der Waals surface area contributed by atoms with E-state index >= 15 is 0 Å². The van der Waals surface area contributed by atoms with Gasteiger partial charge in [0.1, 0.15) is 0 Å². The Hall–Kier alpha value is -0.610. The Morgan fingerprint density at radius 2 is 1.94 bits per heavy atom. The number of aliphatic hydroxyl groups is 1. The molecular formula is C14H26N2O2. The average molecular weight is 254 g/mol. The minimum Gasteiger partial charge on any atom is -0.396 e. The topological polar surface area (TPSA) is 43.8 Å². The lowest BCUT2D eigenvalue weighted by Crippen LogP contribution is -2.51. The molecule has 0 bridgehead atoms. The minimum atomic E-state index is -0.111. The summed E-state index contributed by atoms with van der Waals surface area (Å²) < 4.78 is 0. The van der Waals surface area contributed by atoms with E-state index in [1.54, 1.807) is 0 Å². The van der Waals surface area contributed by atoms with Crippen LogP contribution in [0.15, 0.2) is 0 Å². The molecule has 18 heavy (non-hydrogen) atoms. The van der Waals surface area contributed by atoms with Crippen molar-refractivity contribution in [2.45, 2.75) is 63.6 Å². The van der Waals surface area contributed by atoms with E-state index < -0.39 is 0 Å². The highest BCUT2D eigenvalue weighted by Crippen LogP contribution is 2.30. The van der Waals surface area contributed by atoms with Crippen LogP contribution >= 0.6 is 0 Å². The van der Waals surface area contributed by atoms with Crippen molar-refractivity contribution in [2.75, 3.05) is 20.2 Å². The molecule has 2 atom stereocenters. The molecule has 1 aliphatic heterocycles. The van der Waals surface area contributed by atoms with Gasteiger partial charge < -0.3 is 10.0 Å². The second-order valence-corrected chi connectivity index (χ2v) is 5.81. The van der Waals surface area contributed by atoms with Crippen LogP contribution in [0.25, 0.3) is 0 Å². The first-order chi connectivity index (χ1) is 8.65. The highest BCUT2D eigenvalue weighted by Gasteiger charge is 2.38. The van der Waals surface area contributed by atoms with E-state index in [1.807, 2.05) is 11.9 Å². The van der Waals surface area contributed by atoms with Crippen molar-refractivity contribution >= 4 is 5.91 Å². The summed E-state index contributed by atoms with van der Waals surface area (Å²) in [5, 5.41) is 9.26. The van der Waals surface area contributed by atoms with Gasteiger partial charge in [0.15, 0.2) is 0 Å². The number of aliphatic hydroxyl groups excluding tert-OH is 1. The lowest BCUT2D eigenvalue weighted by molar-refractivity contribution is -0.136. The molecule has 1 aliphatic carbocycles. The first-order valence-corrected chi connectivity index (χ1v) is 7.28. The summed E-state index contributed by atoms with van der Waals surface area (Å²) in [6.07, 6.45) is 6.60. The molecule has 104 valence electrons. The van der Waals surface area contributed by atoms with Gasteiger partial charge in [-0.25, -0.2) is 0 Å². The molecule has 0 aromatic heterocycles. The number of carbonyl (C=O) groups excluding carboxylic acids is 1. The van der Waals surface area contributed by atoms with Crippen molar-refractivity contribution in [2.24, 2.45) is 0 Å². The van der Waals surface area contributed by atoms with Crippen molar-refractivity contribution < 1.29 is 9.90 Å². The fraction of sp³-hybridized carbons (Fsp3) is 0.929. The molecule has 4 nitrogen and oxygen atoms in total. The minimum absolute atomic E-state index is 0.0974. The number of carbonyl (C=O) groups is 1. The number of likely N-dealkylation sites (N-methyl/N-ethyl adjacent to an activating group) is 1. The summed E-state index contributed by atoms with van der Waals surface area (Å²) >= 11 is 0. The molecule has 1 saturated heterocycles. The van der Waals surface area contributed by atoms with E-state index in [2.05, 4.69) is 11.8 Å². The van der Waals surface area contributed by atoms with Crippen LogP contribution in [0.1, 0.15) is 45.4 Å². The fourth-order valence-electron chi connectivity index (χ4n) is 3.54. The lowest BCUT2D eigenvalue weighted by atomic mass is 10.0. The molecular weight excluding hydrogens is 228 g/mol. The van der Waals surface area contributed by atoms with Crippen LogP contribution in [0.3, 0.4) is 0 Å². The zero-order chi connectivity index (χ0) is 13.1. The molecule has 2 aliphatic rings. The number of hydrogen-bond acceptors (Lipinski definition) is 3. The van der Waals surface area contributed by atoms with Gasteiger partial charge in [-0.05, 0) is 32.6 Å². The Morgan fingerprint density at radius 1 is 1.28 bits per heavy atom.